The standard InChI is InChI=1S/C16H18N2O2/c1-2-3-12-4-7-14(8-5-12)18-11-15-9-6-13(10-17-15)16(19)20/h4-10,18H,2-3,11H2,1H3,(H,19,20). The molecule has 0 aliphatic heterocycles. The van der Waals surface area contributed by atoms with E-state index in [9.17, 15) is 4.79 Å². The van der Waals surface area contributed by atoms with E-state index < -0.39 is 5.97 Å². The smallest absolute Gasteiger partial charge is 0.337 e. The molecule has 0 fully saturated rings. The lowest BCUT2D eigenvalue weighted by Crippen LogP contribution is -2.03. The lowest BCUT2D eigenvalue weighted by Gasteiger charge is -2.07. The quantitative estimate of drug-likeness (QED) is 0.845. The molecule has 0 amide bonds. The highest BCUT2D eigenvalue weighted by Crippen LogP contribution is 2.12. The van der Waals surface area contributed by atoms with Gasteiger partial charge in [-0.25, -0.2) is 4.79 Å². The van der Waals surface area contributed by atoms with E-state index in [-0.39, 0.29) is 5.56 Å². The Morgan fingerprint density at radius 1 is 1.20 bits per heavy atom. The van der Waals surface area contributed by atoms with E-state index in [1.165, 1.54) is 11.8 Å². The van der Waals surface area contributed by atoms with E-state index in [4.69, 9.17) is 5.11 Å². The molecule has 104 valence electrons. The summed E-state index contributed by atoms with van der Waals surface area (Å²) < 4.78 is 0. The molecular weight excluding hydrogens is 252 g/mol. The van der Waals surface area contributed by atoms with Gasteiger partial charge in [-0.2, -0.15) is 0 Å². The zero-order chi connectivity index (χ0) is 14.4. The number of nitrogens with one attached hydrogen (secondary N) is 1. The molecule has 0 aliphatic rings. The number of hydrogen-bond acceptors (Lipinski definition) is 3. The monoisotopic (exact) mass is 270 g/mol. The Labute approximate surface area is 118 Å². The van der Waals surface area contributed by atoms with E-state index in [0.717, 1.165) is 24.2 Å². The Morgan fingerprint density at radius 3 is 2.50 bits per heavy atom. The number of nitrogens with zero attached hydrogens (tertiary/aromatic N) is 1. The van der Waals surface area contributed by atoms with Gasteiger partial charge in [0.2, 0.25) is 0 Å². The van der Waals surface area contributed by atoms with Crippen molar-refractivity contribution in [2.75, 3.05) is 5.32 Å². The highest BCUT2D eigenvalue weighted by atomic mass is 16.4. The summed E-state index contributed by atoms with van der Waals surface area (Å²) in [4.78, 5) is 14.8. The first-order valence-electron chi connectivity index (χ1n) is 6.70. The van der Waals surface area contributed by atoms with Crippen molar-refractivity contribution in [3.63, 3.8) is 0 Å². The fraction of sp³-hybridized carbons (Fsp3) is 0.250. The minimum absolute atomic E-state index is 0.206. The van der Waals surface area contributed by atoms with Crippen molar-refractivity contribution in [2.24, 2.45) is 0 Å². The van der Waals surface area contributed by atoms with Gasteiger partial charge in [-0.3, -0.25) is 4.98 Å². The zero-order valence-corrected chi connectivity index (χ0v) is 11.5. The first-order chi connectivity index (χ1) is 9.69. The molecule has 0 aliphatic carbocycles. The third kappa shape index (κ3) is 3.82. The lowest BCUT2D eigenvalue weighted by atomic mass is 10.1. The molecular formula is C16H18N2O2. The fourth-order valence-corrected chi connectivity index (χ4v) is 1.93. The van der Waals surface area contributed by atoms with Crippen LogP contribution in [0.2, 0.25) is 0 Å². The third-order valence-corrected chi connectivity index (χ3v) is 3.04. The summed E-state index contributed by atoms with van der Waals surface area (Å²) >= 11 is 0. The van der Waals surface area contributed by atoms with Crippen LogP contribution in [0.5, 0.6) is 0 Å². The van der Waals surface area contributed by atoms with E-state index in [1.807, 2.05) is 0 Å². The van der Waals surface area contributed by atoms with Crippen molar-refractivity contribution >= 4 is 11.7 Å². The molecule has 0 saturated heterocycles. The predicted octanol–water partition coefficient (Wildman–Crippen LogP) is 3.34. The number of pyridine rings is 1. The van der Waals surface area contributed by atoms with Crippen LogP contribution in [-0.2, 0) is 13.0 Å². The maximum atomic E-state index is 10.7. The molecule has 0 radical (unpaired) electrons. The van der Waals surface area contributed by atoms with Gasteiger partial charge in [0, 0.05) is 11.9 Å². The summed E-state index contributed by atoms with van der Waals surface area (Å²) in [6, 6.07) is 11.6. The number of aromatic carboxylic acids is 1. The number of benzene rings is 1. The minimum atomic E-state index is -0.955. The number of aromatic nitrogens is 1. The van der Waals surface area contributed by atoms with Gasteiger partial charge >= 0.3 is 5.97 Å². The van der Waals surface area contributed by atoms with Crippen LogP contribution < -0.4 is 5.32 Å². The van der Waals surface area contributed by atoms with E-state index >= 15 is 0 Å². The summed E-state index contributed by atoms with van der Waals surface area (Å²) in [5.41, 5.74) is 3.39. The van der Waals surface area contributed by atoms with Crippen molar-refractivity contribution in [3.8, 4) is 0 Å². The van der Waals surface area contributed by atoms with Crippen molar-refractivity contribution in [3.05, 3.63) is 59.4 Å². The molecule has 0 atom stereocenters. The van der Waals surface area contributed by atoms with Gasteiger partial charge in [0.1, 0.15) is 0 Å². The number of carboxylic acids is 1. The first kappa shape index (κ1) is 14.1. The zero-order valence-electron chi connectivity index (χ0n) is 11.5. The van der Waals surface area contributed by atoms with Gasteiger partial charge in [-0.05, 0) is 36.2 Å². The Balaban J connectivity index is 1.92. The van der Waals surface area contributed by atoms with Gasteiger partial charge in [-0.1, -0.05) is 25.5 Å². The van der Waals surface area contributed by atoms with Gasteiger partial charge < -0.3 is 10.4 Å². The van der Waals surface area contributed by atoms with E-state index in [2.05, 4.69) is 41.5 Å². The first-order valence-corrected chi connectivity index (χ1v) is 6.70. The normalized spacial score (nSPS) is 10.2. The van der Waals surface area contributed by atoms with Gasteiger partial charge in [0.05, 0.1) is 17.8 Å². The molecule has 0 saturated carbocycles. The summed E-state index contributed by atoms with van der Waals surface area (Å²) in [6.45, 7) is 2.74. The van der Waals surface area contributed by atoms with Crippen LogP contribution in [0.1, 0.15) is 35.0 Å². The molecule has 2 rings (SSSR count). The largest absolute Gasteiger partial charge is 0.478 e. The van der Waals surface area contributed by atoms with Crippen LogP contribution in [0.25, 0.3) is 0 Å². The summed E-state index contributed by atoms with van der Waals surface area (Å²) in [7, 11) is 0. The summed E-state index contributed by atoms with van der Waals surface area (Å²) in [5, 5.41) is 12.1. The Kier molecular flexibility index (Phi) is 4.71. The van der Waals surface area contributed by atoms with Crippen LogP contribution in [0.3, 0.4) is 0 Å². The van der Waals surface area contributed by atoms with Crippen LogP contribution >= 0.6 is 0 Å². The molecule has 1 aromatic heterocycles. The second-order valence-electron chi connectivity index (χ2n) is 4.64. The minimum Gasteiger partial charge on any atom is -0.478 e. The lowest BCUT2D eigenvalue weighted by molar-refractivity contribution is 0.0696. The Hall–Kier alpha value is -2.36. The third-order valence-electron chi connectivity index (χ3n) is 3.04. The molecule has 4 heteroatoms. The SMILES string of the molecule is CCCc1ccc(NCc2ccc(C(=O)O)cn2)cc1. The number of carboxylic acid groups (broad SMARTS) is 1. The second kappa shape index (κ2) is 6.70. The van der Waals surface area contributed by atoms with Crippen LogP contribution in [0.4, 0.5) is 5.69 Å². The van der Waals surface area contributed by atoms with Crippen molar-refractivity contribution in [1.29, 1.82) is 0 Å². The highest BCUT2D eigenvalue weighted by molar-refractivity contribution is 5.87. The average molecular weight is 270 g/mol. The molecule has 20 heavy (non-hydrogen) atoms. The number of rotatable bonds is 6. The molecule has 2 aromatic rings. The maximum absolute atomic E-state index is 10.7. The molecule has 1 aromatic carbocycles. The molecule has 0 bridgehead atoms. The predicted molar refractivity (Wildman–Crippen MR) is 79.0 cm³/mol. The van der Waals surface area contributed by atoms with Gasteiger partial charge in [-0.15, -0.1) is 0 Å². The average Bonchev–Trinajstić information content (AvgIpc) is 2.47. The summed E-state index contributed by atoms with van der Waals surface area (Å²) in [5.74, 6) is -0.955. The highest BCUT2D eigenvalue weighted by Gasteiger charge is 2.02. The maximum Gasteiger partial charge on any atom is 0.337 e. The van der Waals surface area contributed by atoms with Gasteiger partial charge in [0.25, 0.3) is 0 Å². The molecule has 0 unspecified atom stereocenters. The van der Waals surface area contributed by atoms with Crippen LogP contribution in [0.15, 0.2) is 42.6 Å². The molecule has 0 spiro atoms. The number of anilines is 1. The van der Waals surface area contributed by atoms with Crippen LogP contribution in [0, 0.1) is 0 Å². The number of aryl methyl sites for hydroxylation is 1. The van der Waals surface area contributed by atoms with E-state index in [1.54, 1.807) is 12.1 Å². The molecule has 2 N–H and O–H groups in total. The Bertz CT molecular complexity index is 562. The number of hydrogen-bond donors (Lipinski definition) is 2. The topological polar surface area (TPSA) is 62.2 Å². The van der Waals surface area contributed by atoms with Crippen molar-refractivity contribution in [1.82, 2.24) is 4.98 Å². The molecule has 1 heterocycles. The molecule has 4 nitrogen and oxygen atoms in total. The van der Waals surface area contributed by atoms with Crippen molar-refractivity contribution in [2.45, 2.75) is 26.3 Å². The van der Waals surface area contributed by atoms with Crippen molar-refractivity contribution < 1.29 is 9.90 Å². The van der Waals surface area contributed by atoms with Gasteiger partial charge in [0.15, 0.2) is 0 Å². The number of carbonyl (C=O) groups is 1. The second-order valence-corrected chi connectivity index (χ2v) is 4.64. The van der Waals surface area contributed by atoms with E-state index in [0.29, 0.717) is 6.54 Å². The van der Waals surface area contributed by atoms with Crippen LogP contribution in [-0.4, -0.2) is 16.1 Å². The summed E-state index contributed by atoms with van der Waals surface area (Å²) in [6.07, 6.45) is 3.62. The fourth-order valence-electron chi connectivity index (χ4n) is 1.93. The Morgan fingerprint density at radius 2 is 1.95 bits per heavy atom.